The minimum atomic E-state index is -4.39. The molecule has 20 heavy (non-hydrogen) atoms. The molecule has 0 spiro atoms. The van der Waals surface area contributed by atoms with Gasteiger partial charge in [0, 0.05) is 19.1 Å². The van der Waals surface area contributed by atoms with Gasteiger partial charge in [0.05, 0.1) is 12.5 Å². The molecular weight excluding hydrogens is 315 g/mol. The molecule has 1 aromatic rings. The summed E-state index contributed by atoms with van der Waals surface area (Å²) in [5.41, 5.74) is 0. The maximum atomic E-state index is 12.5. The molecule has 2 heterocycles. The number of nitrogens with zero attached hydrogens (tertiary/aromatic N) is 2. The Labute approximate surface area is 118 Å². The summed E-state index contributed by atoms with van der Waals surface area (Å²) in [7, 11) is -3.32. The molecule has 0 amide bonds. The van der Waals surface area contributed by atoms with Crippen molar-refractivity contribution in [2.75, 3.05) is 24.2 Å². The molecule has 1 atom stereocenters. The monoisotopic (exact) mass is 329 g/mol. The third-order valence-corrected chi connectivity index (χ3v) is 4.71. The highest BCUT2D eigenvalue weighted by atomic mass is 32.2. The summed E-state index contributed by atoms with van der Waals surface area (Å²) in [6.45, 7) is 0.907. The first-order valence-corrected chi connectivity index (χ1v) is 8.61. The molecule has 0 aromatic carbocycles. The molecular formula is C10H14F3N3O2S2. The van der Waals surface area contributed by atoms with Crippen LogP contribution in [-0.2, 0) is 16.2 Å². The van der Waals surface area contributed by atoms with E-state index in [0.717, 1.165) is 12.5 Å². The number of piperidine rings is 1. The molecule has 114 valence electrons. The van der Waals surface area contributed by atoms with Crippen molar-refractivity contribution in [3.05, 3.63) is 11.1 Å². The van der Waals surface area contributed by atoms with Crippen LogP contribution in [0.15, 0.2) is 6.20 Å². The Morgan fingerprint density at radius 2 is 2.20 bits per heavy atom. The third kappa shape index (κ3) is 4.06. The smallest absolute Gasteiger partial charge is 0.346 e. The van der Waals surface area contributed by atoms with Crippen LogP contribution in [0.25, 0.3) is 0 Å². The molecule has 1 N–H and O–H groups in total. The largest absolute Gasteiger partial charge is 0.427 e. The van der Waals surface area contributed by atoms with E-state index in [0.29, 0.717) is 37.3 Å². The van der Waals surface area contributed by atoms with Crippen LogP contribution in [0.2, 0.25) is 0 Å². The van der Waals surface area contributed by atoms with Crippen molar-refractivity contribution >= 4 is 26.5 Å². The van der Waals surface area contributed by atoms with E-state index in [4.69, 9.17) is 0 Å². The zero-order chi connectivity index (χ0) is 15.0. The van der Waals surface area contributed by atoms with Gasteiger partial charge in [0.1, 0.15) is 4.88 Å². The minimum absolute atomic E-state index is 0.275. The summed E-state index contributed by atoms with van der Waals surface area (Å²) in [5.74, 6) is 0. The van der Waals surface area contributed by atoms with Gasteiger partial charge in [-0.25, -0.2) is 18.1 Å². The van der Waals surface area contributed by atoms with E-state index in [-0.39, 0.29) is 11.2 Å². The Morgan fingerprint density at radius 1 is 1.50 bits per heavy atom. The first-order valence-electron chi connectivity index (χ1n) is 5.90. The summed E-state index contributed by atoms with van der Waals surface area (Å²) >= 11 is 0.579. The van der Waals surface area contributed by atoms with Crippen molar-refractivity contribution in [1.82, 2.24) is 9.71 Å². The second kappa shape index (κ2) is 5.49. The number of anilines is 1. The van der Waals surface area contributed by atoms with E-state index in [1.54, 1.807) is 4.90 Å². The number of aromatic nitrogens is 1. The van der Waals surface area contributed by atoms with Crippen LogP contribution >= 0.6 is 11.3 Å². The first-order chi connectivity index (χ1) is 9.15. The number of nitrogens with one attached hydrogen (secondary N) is 1. The van der Waals surface area contributed by atoms with Crippen molar-refractivity contribution in [3.8, 4) is 0 Å². The van der Waals surface area contributed by atoms with Crippen LogP contribution in [-0.4, -0.2) is 38.8 Å². The van der Waals surface area contributed by atoms with Crippen molar-refractivity contribution in [2.45, 2.75) is 25.1 Å². The standard InChI is InChI=1S/C10H14F3N3O2S2/c1-20(17,18)15-7-3-2-4-16(6-7)9-14-5-8(19-9)10(11,12)13/h5,7,15H,2-4,6H2,1H3. The van der Waals surface area contributed by atoms with E-state index < -0.39 is 21.1 Å². The molecule has 10 heteroatoms. The normalized spacial score (nSPS) is 21.2. The highest BCUT2D eigenvalue weighted by molar-refractivity contribution is 7.88. The lowest BCUT2D eigenvalue weighted by atomic mass is 10.1. The van der Waals surface area contributed by atoms with Gasteiger partial charge in [0.25, 0.3) is 0 Å². The van der Waals surface area contributed by atoms with Crippen molar-refractivity contribution in [3.63, 3.8) is 0 Å². The fourth-order valence-corrected chi connectivity index (χ4v) is 3.71. The van der Waals surface area contributed by atoms with Crippen LogP contribution in [0.5, 0.6) is 0 Å². The van der Waals surface area contributed by atoms with E-state index in [2.05, 4.69) is 9.71 Å². The molecule has 1 unspecified atom stereocenters. The van der Waals surface area contributed by atoms with E-state index in [1.807, 2.05) is 0 Å². The molecule has 0 radical (unpaired) electrons. The maximum Gasteiger partial charge on any atom is 0.427 e. The number of hydrogen-bond donors (Lipinski definition) is 1. The second-order valence-corrected chi connectivity index (χ2v) is 7.47. The van der Waals surface area contributed by atoms with Crippen LogP contribution < -0.4 is 9.62 Å². The molecule has 1 aliphatic heterocycles. The van der Waals surface area contributed by atoms with Crippen LogP contribution in [0.4, 0.5) is 18.3 Å². The average Bonchev–Trinajstić information content (AvgIpc) is 2.75. The Bertz CT molecular complexity index is 571. The van der Waals surface area contributed by atoms with E-state index in [9.17, 15) is 21.6 Å². The molecule has 1 aliphatic rings. The Kier molecular flexibility index (Phi) is 4.26. The SMILES string of the molecule is CS(=O)(=O)NC1CCCN(c2ncc(C(F)(F)F)s2)C1. The van der Waals surface area contributed by atoms with Gasteiger partial charge in [-0.05, 0) is 12.8 Å². The van der Waals surface area contributed by atoms with Gasteiger partial charge in [-0.3, -0.25) is 0 Å². The quantitative estimate of drug-likeness (QED) is 0.916. The minimum Gasteiger partial charge on any atom is -0.346 e. The summed E-state index contributed by atoms with van der Waals surface area (Å²) in [4.78, 5) is 4.73. The van der Waals surface area contributed by atoms with E-state index in [1.165, 1.54) is 0 Å². The first kappa shape index (κ1) is 15.5. The molecule has 5 nitrogen and oxygen atoms in total. The number of hydrogen-bond acceptors (Lipinski definition) is 5. The van der Waals surface area contributed by atoms with Crippen molar-refractivity contribution in [2.24, 2.45) is 0 Å². The predicted molar refractivity (Wildman–Crippen MR) is 70.3 cm³/mol. The maximum absolute atomic E-state index is 12.5. The highest BCUT2D eigenvalue weighted by Gasteiger charge is 2.34. The zero-order valence-corrected chi connectivity index (χ0v) is 12.3. The molecule has 0 aliphatic carbocycles. The summed E-state index contributed by atoms with van der Waals surface area (Å²) in [6.07, 6.45) is -1.14. The topological polar surface area (TPSA) is 62.3 Å². The van der Waals surface area contributed by atoms with Crippen LogP contribution in [0.3, 0.4) is 0 Å². The second-order valence-electron chi connectivity index (χ2n) is 4.68. The van der Waals surface area contributed by atoms with Gasteiger partial charge < -0.3 is 4.90 Å². The molecule has 1 aromatic heterocycles. The number of sulfonamides is 1. The average molecular weight is 329 g/mol. The number of halogens is 3. The zero-order valence-electron chi connectivity index (χ0n) is 10.6. The summed E-state index contributed by atoms with van der Waals surface area (Å²) in [5, 5.41) is 0.275. The molecule has 0 saturated carbocycles. The third-order valence-electron chi connectivity index (χ3n) is 2.85. The molecule has 2 rings (SSSR count). The van der Waals surface area contributed by atoms with Crippen LogP contribution in [0.1, 0.15) is 17.7 Å². The Morgan fingerprint density at radius 3 is 2.75 bits per heavy atom. The highest BCUT2D eigenvalue weighted by Crippen LogP contribution is 2.36. The Hall–Kier alpha value is -0.870. The lowest BCUT2D eigenvalue weighted by Gasteiger charge is -2.32. The van der Waals surface area contributed by atoms with E-state index >= 15 is 0 Å². The number of alkyl halides is 3. The number of rotatable bonds is 3. The molecule has 1 fully saturated rings. The molecule has 1 saturated heterocycles. The Balaban J connectivity index is 2.07. The predicted octanol–water partition coefficient (Wildman–Crippen LogP) is 1.68. The fraction of sp³-hybridized carbons (Fsp3) is 0.700. The fourth-order valence-electron chi connectivity index (χ4n) is 2.09. The number of thiazole rings is 1. The van der Waals surface area contributed by atoms with Gasteiger partial charge in [0.2, 0.25) is 10.0 Å². The van der Waals surface area contributed by atoms with Gasteiger partial charge in [-0.15, -0.1) is 0 Å². The van der Waals surface area contributed by atoms with Crippen LogP contribution in [0, 0.1) is 0 Å². The summed E-state index contributed by atoms with van der Waals surface area (Å²) < 4.78 is 62.4. The lowest BCUT2D eigenvalue weighted by molar-refractivity contribution is -0.134. The lowest BCUT2D eigenvalue weighted by Crippen LogP contribution is -2.47. The van der Waals surface area contributed by atoms with Crippen molar-refractivity contribution in [1.29, 1.82) is 0 Å². The van der Waals surface area contributed by atoms with Gasteiger partial charge in [0.15, 0.2) is 5.13 Å². The van der Waals surface area contributed by atoms with Gasteiger partial charge >= 0.3 is 6.18 Å². The van der Waals surface area contributed by atoms with Crippen molar-refractivity contribution < 1.29 is 21.6 Å². The molecule has 0 bridgehead atoms. The summed E-state index contributed by atoms with van der Waals surface area (Å²) in [6, 6.07) is -0.294. The van der Waals surface area contributed by atoms with Gasteiger partial charge in [-0.1, -0.05) is 11.3 Å². The van der Waals surface area contributed by atoms with Gasteiger partial charge in [-0.2, -0.15) is 13.2 Å².